The molecule has 2 aromatic carbocycles. The lowest BCUT2D eigenvalue weighted by molar-refractivity contribution is -0.142. The van der Waals surface area contributed by atoms with Gasteiger partial charge >= 0.3 is 23.9 Å². The third-order valence-electron chi connectivity index (χ3n) is 10.3. The number of hydrogen-bond donors (Lipinski definition) is 10. The first-order valence-corrected chi connectivity index (χ1v) is 21.4. The van der Waals surface area contributed by atoms with Crippen LogP contribution in [-0.2, 0) is 59.0 Å². The van der Waals surface area contributed by atoms with Gasteiger partial charge in [-0.1, -0.05) is 42.5 Å². The Labute approximate surface area is 375 Å². The summed E-state index contributed by atoms with van der Waals surface area (Å²) in [5.74, 6) is -6.87. The van der Waals surface area contributed by atoms with Gasteiger partial charge in [0.05, 0.1) is 52.7 Å². The Bertz CT molecular complexity index is 1920. The number of carboxylic acid groups (broad SMARTS) is 3. The number of benzene rings is 2. The number of ether oxygens (including phenoxy) is 3. The minimum absolute atomic E-state index is 0.0693. The zero-order valence-corrected chi connectivity index (χ0v) is 36.4. The van der Waals surface area contributed by atoms with Crippen molar-refractivity contribution < 1.29 is 72.7 Å². The van der Waals surface area contributed by atoms with Crippen molar-refractivity contribution in [2.75, 3.05) is 65.8 Å². The second-order valence-electron chi connectivity index (χ2n) is 15.4. The molecular weight excluding hydrogens is 855 g/mol. The largest absolute Gasteiger partial charge is 0.481 e. The Balaban J connectivity index is 1.45. The van der Waals surface area contributed by atoms with E-state index in [1.807, 2.05) is 47.8 Å². The molecule has 22 nitrogen and oxygen atoms in total. The van der Waals surface area contributed by atoms with Crippen LogP contribution in [0.25, 0.3) is 10.8 Å². The molecule has 1 saturated carbocycles. The summed E-state index contributed by atoms with van der Waals surface area (Å²) in [6, 6.07) is 7.70. The first kappa shape index (κ1) is 53.0. The van der Waals surface area contributed by atoms with Gasteiger partial charge in [-0.15, -0.1) is 0 Å². The molecule has 3 atom stereocenters. The number of carbonyl (C=O) groups excluding carboxylic acids is 6. The Hall–Kier alpha value is -6.39. The topological polar surface area (TPSA) is 326 Å². The minimum atomic E-state index is -1.69. The second kappa shape index (κ2) is 29.1. The average molecular weight is 916 g/mol. The lowest BCUT2D eigenvalue weighted by Gasteiger charge is -2.29. The third kappa shape index (κ3) is 21.7. The van der Waals surface area contributed by atoms with Crippen LogP contribution in [0.15, 0.2) is 42.5 Å². The van der Waals surface area contributed by atoms with Gasteiger partial charge in [-0.2, -0.15) is 0 Å². The van der Waals surface area contributed by atoms with Crippen molar-refractivity contribution in [3.8, 4) is 0 Å². The predicted octanol–water partition coefficient (Wildman–Crippen LogP) is -0.331. The predicted molar refractivity (Wildman–Crippen MR) is 231 cm³/mol. The van der Waals surface area contributed by atoms with E-state index in [-0.39, 0.29) is 43.1 Å². The number of aliphatic carboxylic acids is 3. The summed E-state index contributed by atoms with van der Waals surface area (Å²) >= 11 is 0. The number of hydrogen-bond acceptors (Lipinski definition) is 12. The third-order valence-corrected chi connectivity index (χ3v) is 10.3. The van der Waals surface area contributed by atoms with Crippen LogP contribution in [0, 0.1) is 11.8 Å². The molecule has 1 aliphatic carbocycles. The fraction of sp³-hybridized carbons (Fsp3) is 0.558. The van der Waals surface area contributed by atoms with Crippen LogP contribution >= 0.6 is 0 Å². The van der Waals surface area contributed by atoms with E-state index < -0.39 is 85.7 Å². The zero-order chi connectivity index (χ0) is 47.6. The molecule has 0 unspecified atom stereocenters. The molecule has 65 heavy (non-hydrogen) atoms. The number of urea groups is 1. The van der Waals surface area contributed by atoms with Crippen LogP contribution in [0.1, 0.15) is 57.4 Å². The molecule has 7 amide bonds. The van der Waals surface area contributed by atoms with Crippen LogP contribution in [0.4, 0.5) is 4.79 Å². The Morgan fingerprint density at radius 3 is 1.94 bits per heavy atom. The molecule has 1 fully saturated rings. The summed E-state index contributed by atoms with van der Waals surface area (Å²) in [4.78, 5) is 110. The van der Waals surface area contributed by atoms with E-state index in [0.29, 0.717) is 71.8 Å². The number of nitrogens with one attached hydrogen (secondary N) is 7. The molecule has 0 heterocycles. The van der Waals surface area contributed by atoms with Crippen LogP contribution in [0.5, 0.6) is 0 Å². The van der Waals surface area contributed by atoms with E-state index in [9.17, 15) is 53.4 Å². The van der Waals surface area contributed by atoms with Crippen molar-refractivity contribution in [2.45, 2.75) is 76.4 Å². The lowest BCUT2D eigenvalue weighted by Crippen LogP contribution is -2.55. The molecule has 0 saturated heterocycles. The molecule has 0 aliphatic heterocycles. The Morgan fingerprint density at radius 1 is 0.646 bits per heavy atom. The van der Waals surface area contributed by atoms with E-state index in [1.54, 1.807) is 0 Å². The highest BCUT2D eigenvalue weighted by Gasteiger charge is 2.31. The van der Waals surface area contributed by atoms with Crippen molar-refractivity contribution in [1.29, 1.82) is 0 Å². The van der Waals surface area contributed by atoms with E-state index in [0.717, 1.165) is 16.3 Å². The van der Waals surface area contributed by atoms with E-state index in [1.165, 1.54) is 6.92 Å². The summed E-state index contributed by atoms with van der Waals surface area (Å²) in [5, 5.41) is 46.7. The fourth-order valence-electron chi connectivity index (χ4n) is 6.75. The number of carbonyl (C=O) groups is 9. The van der Waals surface area contributed by atoms with Crippen molar-refractivity contribution >= 4 is 64.2 Å². The van der Waals surface area contributed by atoms with Crippen molar-refractivity contribution in [3.05, 3.63) is 48.0 Å². The maximum Gasteiger partial charge on any atom is 0.328 e. The van der Waals surface area contributed by atoms with Crippen molar-refractivity contribution in [2.24, 2.45) is 11.8 Å². The SMILES string of the molecule is CC(=O)NCCOCCOCCOCCC(=O)NCC1CCC(C(=O)N[C@@H](Cc2ccc3ccccc3c2)C(=O)NCC(=O)N[C@@H](CNC(=O)N[C@@H](CCC(=O)O)C(=O)O)C(=O)O)CC1. The quantitative estimate of drug-likeness (QED) is 0.0449. The molecule has 10 N–H and O–H groups in total. The van der Waals surface area contributed by atoms with Crippen molar-refractivity contribution in [1.82, 2.24) is 37.2 Å². The number of fused-ring (bicyclic) bond motifs is 1. The highest BCUT2D eigenvalue weighted by atomic mass is 16.5. The summed E-state index contributed by atoms with van der Waals surface area (Å²) in [7, 11) is 0. The molecule has 0 aromatic heterocycles. The normalized spacial score (nSPS) is 15.9. The molecule has 0 spiro atoms. The Morgan fingerprint density at radius 2 is 1.29 bits per heavy atom. The number of amides is 7. The zero-order valence-electron chi connectivity index (χ0n) is 36.4. The fourth-order valence-corrected chi connectivity index (χ4v) is 6.75. The highest BCUT2D eigenvalue weighted by molar-refractivity contribution is 5.93. The molecule has 3 rings (SSSR count). The summed E-state index contributed by atoms with van der Waals surface area (Å²) in [6.07, 6.45) is 1.63. The molecule has 22 heteroatoms. The molecule has 358 valence electrons. The number of carboxylic acids is 3. The van der Waals surface area contributed by atoms with Gasteiger partial charge in [-0.25, -0.2) is 14.4 Å². The van der Waals surface area contributed by atoms with Crippen LogP contribution in [-0.4, -0.2) is 153 Å². The van der Waals surface area contributed by atoms with E-state index in [2.05, 4.69) is 31.9 Å². The molecule has 2 aromatic rings. The average Bonchev–Trinajstić information content (AvgIpc) is 3.27. The summed E-state index contributed by atoms with van der Waals surface area (Å²) < 4.78 is 16.2. The lowest BCUT2D eigenvalue weighted by atomic mass is 9.81. The van der Waals surface area contributed by atoms with E-state index in [4.69, 9.17) is 19.3 Å². The first-order valence-electron chi connectivity index (χ1n) is 21.4. The second-order valence-corrected chi connectivity index (χ2v) is 15.4. The van der Waals surface area contributed by atoms with E-state index >= 15 is 0 Å². The van der Waals surface area contributed by atoms with Gasteiger partial charge in [-0.3, -0.25) is 28.8 Å². The van der Waals surface area contributed by atoms with Gasteiger partial charge < -0.3 is 66.7 Å². The monoisotopic (exact) mass is 915 g/mol. The van der Waals surface area contributed by atoms with Gasteiger partial charge in [-0.05, 0) is 54.4 Å². The number of rotatable bonds is 30. The molecule has 1 aliphatic rings. The van der Waals surface area contributed by atoms with Crippen LogP contribution in [0.3, 0.4) is 0 Å². The first-order chi connectivity index (χ1) is 31.1. The van der Waals surface area contributed by atoms with Gasteiger partial charge in [0.2, 0.25) is 29.5 Å². The molecule has 0 bridgehead atoms. The maximum atomic E-state index is 13.6. The molecular formula is C43H61N7O15. The van der Waals surface area contributed by atoms with Gasteiger partial charge in [0.15, 0.2) is 0 Å². The highest BCUT2D eigenvalue weighted by Crippen LogP contribution is 2.29. The standard InChI is InChI=1S/C43H61N7O15/c1-27(51)44-15-17-64-19-21-65-20-18-63-16-14-36(52)45-24-28-6-10-31(11-7-28)39(56)49-34(23-29-8-9-30-4-2-3-5-32(30)22-29)40(57)46-26-37(53)48-35(42(60)61)25-47-43(62)50-33(41(58)59)12-13-38(54)55/h2-5,8-9,22,28,31,33-35H,6-7,10-21,23-26H2,1H3,(H,44,51)(H,45,52)(H,46,57)(H,48,53)(H,49,56)(H,54,55)(H,58,59)(H,60,61)(H2,47,50,62)/t28?,31?,33-,34-,35-/m0/s1. The summed E-state index contributed by atoms with van der Waals surface area (Å²) in [5.41, 5.74) is 0.730. The van der Waals surface area contributed by atoms with Crippen LogP contribution in [0.2, 0.25) is 0 Å². The minimum Gasteiger partial charge on any atom is -0.481 e. The van der Waals surface area contributed by atoms with Crippen molar-refractivity contribution in [3.63, 3.8) is 0 Å². The van der Waals surface area contributed by atoms with Gasteiger partial charge in [0, 0.05) is 45.2 Å². The van der Waals surface area contributed by atoms with Crippen LogP contribution < -0.4 is 37.2 Å². The maximum absolute atomic E-state index is 13.6. The Kier molecular flexibility index (Phi) is 23.7. The smallest absolute Gasteiger partial charge is 0.328 e. The summed E-state index contributed by atoms with van der Waals surface area (Å²) in [6.45, 7) is 2.99. The van der Waals surface area contributed by atoms with Gasteiger partial charge in [0.1, 0.15) is 18.1 Å². The van der Waals surface area contributed by atoms with Gasteiger partial charge in [0.25, 0.3) is 0 Å². The molecule has 0 radical (unpaired) electrons.